The molecule has 0 saturated carbocycles. The van der Waals surface area contributed by atoms with E-state index in [4.69, 9.17) is 10.2 Å². The van der Waals surface area contributed by atoms with Crippen molar-refractivity contribution in [3.8, 4) is 11.5 Å². The van der Waals surface area contributed by atoms with E-state index < -0.39 is 5.91 Å². The molecule has 0 atom stereocenters. The molecule has 0 saturated heterocycles. The maximum Gasteiger partial charge on any atom is 0.270 e. The summed E-state index contributed by atoms with van der Waals surface area (Å²) in [6.07, 6.45) is 1.22. The van der Waals surface area contributed by atoms with Crippen LogP contribution in [-0.2, 0) is 22.7 Å². The van der Waals surface area contributed by atoms with Crippen molar-refractivity contribution in [1.82, 2.24) is 25.6 Å². The van der Waals surface area contributed by atoms with Crippen LogP contribution in [0, 0.1) is 6.92 Å². The molecule has 0 bridgehead atoms. The number of primary amides is 1. The lowest BCUT2D eigenvalue weighted by molar-refractivity contribution is -0.145. The van der Waals surface area contributed by atoms with Crippen molar-refractivity contribution >= 4 is 48.2 Å². The van der Waals surface area contributed by atoms with Gasteiger partial charge < -0.3 is 20.4 Å². The predicted molar refractivity (Wildman–Crippen MR) is 162 cm³/mol. The third-order valence-electron chi connectivity index (χ3n) is 6.72. The van der Waals surface area contributed by atoms with Gasteiger partial charge in [0, 0.05) is 44.5 Å². The van der Waals surface area contributed by atoms with Crippen LogP contribution in [0.4, 0.5) is 5.69 Å². The van der Waals surface area contributed by atoms with E-state index in [1.807, 2.05) is 43.1 Å². The Kier molecular flexibility index (Phi) is 12.8. The van der Waals surface area contributed by atoms with Crippen molar-refractivity contribution in [3.05, 3.63) is 71.1 Å². The lowest BCUT2D eigenvalue weighted by atomic mass is 10.1. The molecule has 2 heterocycles. The Morgan fingerprint density at radius 2 is 1.68 bits per heavy atom. The normalized spacial score (nSPS) is 12.2. The molecule has 4 rings (SSSR count). The average Bonchev–Trinajstić information content (AvgIpc) is 3.59. The minimum Gasteiger partial charge on any atom is -0.444 e. The number of aromatic nitrogens is 1. The van der Waals surface area contributed by atoms with Gasteiger partial charge in [0.25, 0.3) is 11.8 Å². The Hall–Kier alpha value is -3.48. The number of aryl methyl sites for hydroxylation is 1. The first-order chi connectivity index (χ1) is 18.8. The molecule has 1 aliphatic rings. The van der Waals surface area contributed by atoms with Crippen LogP contribution in [0.25, 0.3) is 11.5 Å². The van der Waals surface area contributed by atoms with E-state index in [2.05, 4.69) is 27.8 Å². The number of carbonyl (C=O) groups is 3. The second kappa shape index (κ2) is 15.5. The van der Waals surface area contributed by atoms with E-state index >= 15 is 0 Å². The van der Waals surface area contributed by atoms with Crippen LogP contribution in [0.2, 0.25) is 0 Å². The predicted octanol–water partition coefficient (Wildman–Crippen LogP) is 2.51. The molecule has 2 aromatic carbocycles. The van der Waals surface area contributed by atoms with Gasteiger partial charge >= 0.3 is 0 Å². The van der Waals surface area contributed by atoms with Gasteiger partial charge in [-0.3, -0.25) is 24.7 Å². The van der Waals surface area contributed by atoms with Gasteiger partial charge in [-0.2, -0.15) is 0 Å². The number of fused-ring (bicyclic) bond motifs is 1. The molecule has 3 aromatic rings. The lowest BCUT2D eigenvalue weighted by Crippen LogP contribution is -2.47. The average molecular weight is 607 g/mol. The van der Waals surface area contributed by atoms with E-state index in [1.165, 1.54) is 17.4 Å². The number of carbonyl (C=O) groups excluding carboxylic acids is 3. The first-order valence-electron chi connectivity index (χ1n) is 12.9. The standard InChI is InChI=1S/C28H35N7O4.2ClH/c1-4-30-11-12-35(24-10-9-20(13-19(24)2)28-32-23(18-39-28)27(29)38)26(37)15-31-14-25(36)33(3)34-16-21-7-5-6-8-22(21)17-34;;/h5-10,13,18,30-31H,4,11-12,14-17H2,1-3H3,(H2,29,38);2*1H. The summed E-state index contributed by atoms with van der Waals surface area (Å²) in [5, 5.41) is 9.89. The number of rotatable bonds is 12. The number of benzene rings is 2. The lowest BCUT2D eigenvalue weighted by Gasteiger charge is -2.28. The van der Waals surface area contributed by atoms with Gasteiger partial charge in [-0.05, 0) is 48.4 Å². The number of nitrogens with two attached hydrogens (primary N) is 1. The number of amides is 3. The summed E-state index contributed by atoms with van der Waals surface area (Å²) in [6.45, 7) is 7.17. The monoisotopic (exact) mass is 605 g/mol. The first kappa shape index (κ1) is 33.7. The molecule has 3 amide bonds. The highest BCUT2D eigenvalue weighted by Crippen LogP contribution is 2.27. The molecule has 13 heteroatoms. The summed E-state index contributed by atoms with van der Waals surface area (Å²) < 4.78 is 5.39. The van der Waals surface area contributed by atoms with Gasteiger partial charge in [-0.25, -0.2) is 9.99 Å². The van der Waals surface area contributed by atoms with Crippen LogP contribution in [-0.4, -0.2) is 72.5 Å². The highest BCUT2D eigenvalue weighted by molar-refractivity contribution is 5.96. The fraction of sp³-hybridized carbons (Fsp3) is 0.357. The van der Waals surface area contributed by atoms with Crippen LogP contribution in [0.5, 0.6) is 0 Å². The molecule has 0 fully saturated rings. The zero-order valence-electron chi connectivity index (χ0n) is 23.4. The number of anilines is 1. The largest absolute Gasteiger partial charge is 0.444 e. The number of hydrazine groups is 1. The zero-order valence-corrected chi connectivity index (χ0v) is 25.0. The number of hydrogen-bond acceptors (Lipinski definition) is 8. The fourth-order valence-electron chi connectivity index (χ4n) is 4.53. The molecular weight excluding hydrogens is 569 g/mol. The molecule has 0 radical (unpaired) electrons. The van der Waals surface area contributed by atoms with Crippen LogP contribution >= 0.6 is 24.8 Å². The van der Waals surface area contributed by atoms with E-state index in [9.17, 15) is 14.4 Å². The number of halogens is 2. The maximum absolute atomic E-state index is 13.3. The second-order valence-electron chi connectivity index (χ2n) is 9.41. The van der Waals surface area contributed by atoms with E-state index in [-0.39, 0.29) is 61.3 Å². The zero-order chi connectivity index (χ0) is 27.9. The summed E-state index contributed by atoms with van der Waals surface area (Å²) in [6, 6.07) is 13.6. The van der Waals surface area contributed by atoms with Crippen molar-refractivity contribution in [3.63, 3.8) is 0 Å². The van der Waals surface area contributed by atoms with E-state index in [1.54, 1.807) is 23.0 Å². The van der Waals surface area contributed by atoms with Crippen molar-refractivity contribution < 1.29 is 18.8 Å². The van der Waals surface area contributed by atoms with Crippen LogP contribution in [0.15, 0.2) is 53.1 Å². The molecule has 222 valence electrons. The molecule has 11 nitrogen and oxygen atoms in total. The van der Waals surface area contributed by atoms with Crippen molar-refractivity contribution in [2.24, 2.45) is 5.73 Å². The quantitative estimate of drug-likeness (QED) is 0.268. The SMILES string of the molecule is CCNCCN(C(=O)CNCC(=O)N(C)N1Cc2ccccc2C1)c1ccc(-c2nc(C(N)=O)co2)cc1C.Cl.Cl. The first-order valence-corrected chi connectivity index (χ1v) is 12.9. The van der Waals surface area contributed by atoms with Crippen molar-refractivity contribution in [2.75, 3.05) is 44.7 Å². The van der Waals surface area contributed by atoms with E-state index in [0.717, 1.165) is 17.8 Å². The Balaban J connectivity index is 0.00000294. The molecule has 0 spiro atoms. The summed E-state index contributed by atoms with van der Waals surface area (Å²) in [4.78, 5) is 43.3. The number of likely N-dealkylation sites (N-methyl/N-ethyl adjacent to an activating group) is 2. The topological polar surface area (TPSA) is 137 Å². The maximum atomic E-state index is 13.3. The van der Waals surface area contributed by atoms with Gasteiger partial charge in [0.2, 0.25) is 11.8 Å². The Labute approximate surface area is 252 Å². The number of oxazole rings is 1. The number of nitrogens with one attached hydrogen (secondary N) is 2. The molecule has 0 unspecified atom stereocenters. The fourth-order valence-corrected chi connectivity index (χ4v) is 4.53. The summed E-state index contributed by atoms with van der Waals surface area (Å²) >= 11 is 0. The van der Waals surface area contributed by atoms with Crippen molar-refractivity contribution in [2.45, 2.75) is 26.9 Å². The third-order valence-corrected chi connectivity index (χ3v) is 6.72. The van der Waals surface area contributed by atoms with E-state index in [0.29, 0.717) is 31.7 Å². The van der Waals surface area contributed by atoms with Crippen molar-refractivity contribution in [1.29, 1.82) is 0 Å². The van der Waals surface area contributed by atoms with Gasteiger partial charge in [0.1, 0.15) is 6.26 Å². The number of nitrogens with zero attached hydrogens (tertiary/aromatic N) is 4. The van der Waals surface area contributed by atoms with Gasteiger partial charge in [0.15, 0.2) is 5.69 Å². The molecule has 41 heavy (non-hydrogen) atoms. The highest BCUT2D eigenvalue weighted by Gasteiger charge is 2.25. The Bertz CT molecular complexity index is 1330. The summed E-state index contributed by atoms with van der Waals surface area (Å²) in [5.41, 5.74) is 9.99. The second-order valence-corrected chi connectivity index (χ2v) is 9.41. The summed E-state index contributed by atoms with van der Waals surface area (Å²) in [7, 11) is 1.76. The van der Waals surface area contributed by atoms with Crippen LogP contribution in [0.3, 0.4) is 0 Å². The minimum absolute atomic E-state index is 0. The van der Waals surface area contributed by atoms with Gasteiger partial charge in [-0.1, -0.05) is 31.2 Å². The molecule has 4 N–H and O–H groups in total. The highest BCUT2D eigenvalue weighted by atomic mass is 35.5. The Morgan fingerprint density at radius 1 is 1.02 bits per heavy atom. The Morgan fingerprint density at radius 3 is 2.27 bits per heavy atom. The minimum atomic E-state index is -0.666. The smallest absolute Gasteiger partial charge is 0.270 e. The molecule has 1 aromatic heterocycles. The molecule has 0 aliphatic carbocycles. The van der Waals surface area contributed by atoms with Crippen LogP contribution in [0.1, 0.15) is 34.1 Å². The third kappa shape index (κ3) is 8.27. The number of hydrogen-bond donors (Lipinski definition) is 3. The van der Waals surface area contributed by atoms with Crippen LogP contribution < -0.4 is 21.3 Å². The summed E-state index contributed by atoms with van der Waals surface area (Å²) in [5.74, 6) is -0.660. The van der Waals surface area contributed by atoms with Gasteiger partial charge in [0.05, 0.1) is 13.1 Å². The van der Waals surface area contributed by atoms with Gasteiger partial charge in [-0.15, -0.1) is 24.8 Å². The molecule has 1 aliphatic heterocycles. The molecular formula is C28H37Cl2N7O4.